The number of carbonyl (C=O) groups excluding carboxylic acids is 1. The molecule has 0 unspecified atom stereocenters. The lowest BCUT2D eigenvalue weighted by Gasteiger charge is -2.32. The largest absolute Gasteiger partial charge is 0.370 e. The van der Waals surface area contributed by atoms with Gasteiger partial charge >= 0.3 is 0 Å². The van der Waals surface area contributed by atoms with Crippen molar-refractivity contribution in [3.63, 3.8) is 0 Å². The van der Waals surface area contributed by atoms with Gasteiger partial charge in [0.1, 0.15) is 0 Å². The van der Waals surface area contributed by atoms with Gasteiger partial charge in [-0.05, 0) is 55.7 Å². The van der Waals surface area contributed by atoms with Crippen molar-refractivity contribution in [2.24, 2.45) is 0 Å². The first-order chi connectivity index (χ1) is 12.5. The van der Waals surface area contributed by atoms with E-state index in [0.717, 1.165) is 30.2 Å². The van der Waals surface area contributed by atoms with Gasteiger partial charge in [-0.25, -0.2) is 8.78 Å². The number of halogens is 2. The van der Waals surface area contributed by atoms with E-state index in [-0.39, 0.29) is 5.78 Å². The van der Waals surface area contributed by atoms with E-state index in [2.05, 4.69) is 11.0 Å². The second-order valence-corrected chi connectivity index (χ2v) is 6.36. The second-order valence-electron chi connectivity index (χ2n) is 6.36. The Labute approximate surface area is 151 Å². The molecule has 2 aromatic carbocycles. The number of benzene rings is 2. The summed E-state index contributed by atoms with van der Waals surface area (Å²) in [6.07, 6.45) is 3.40. The monoisotopic (exact) mass is 352 g/mol. The predicted molar refractivity (Wildman–Crippen MR) is 96.9 cm³/mol. The minimum absolute atomic E-state index is 0.0346. The van der Waals surface area contributed by atoms with Crippen LogP contribution in [0.25, 0.3) is 6.08 Å². The molecule has 0 bridgehead atoms. The molecule has 0 atom stereocenters. The average molecular weight is 352 g/mol. The molecule has 3 rings (SSSR count). The molecule has 0 N–H and O–H groups in total. The Balaban J connectivity index is 1.78. The summed E-state index contributed by atoms with van der Waals surface area (Å²) < 4.78 is 26.4. The summed E-state index contributed by atoms with van der Waals surface area (Å²) in [6.45, 7) is 2.92. The minimum Gasteiger partial charge on any atom is -0.370 e. The number of nitriles is 1. The summed E-state index contributed by atoms with van der Waals surface area (Å²) in [5, 5.41) is 9.12. The van der Waals surface area contributed by atoms with Crippen molar-refractivity contribution < 1.29 is 13.6 Å². The molecule has 0 amide bonds. The van der Waals surface area contributed by atoms with Crippen molar-refractivity contribution in [3.8, 4) is 6.07 Å². The van der Waals surface area contributed by atoms with Crippen LogP contribution < -0.4 is 4.90 Å². The zero-order valence-electron chi connectivity index (χ0n) is 14.4. The minimum atomic E-state index is -0.851. The van der Waals surface area contributed by atoms with Crippen LogP contribution in [0.1, 0.15) is 41.3 Å². The van der Waals surface area contributed by atoms with Gasteiger partial charge in [-0.2, -0.15) is 5.26 Å². The molecule has 1 aliphatic heterocycles. The summed E-state index contributed by atoms with van der Waals surface area (Å²) in [4.78, 5) is 14.0. The fourth-order valence-corrected chi connectivity index (χ4v) is 3.18. The first-order valence-electron chi connectivity index (χ1n) is 8.42. The van der Waals surface area contributed by atoms with Crippen molar-refractivity contribution in [2.45, 2.75) is 19.8 Å². The van der Waals surface area contributed by atoms with Gasteiger partial charge in [0.25, 0.3) is 0 Å². The molecule has 26 heavy (non-hydrogen) atoms. The van der Waals surface area contributed by atoms with Gasteiger partial charge in [0.2, 0.25) is 0 Å². The van der Waals surface area contributed by atoms with E-state index in [9.17, 15) is 13.6 Å². The zero-order valence-corrected chi connectivity index (χ0v) is 14.4. The van der Waals surface area contributed by atoms with Crippen molar-refractivity contribution >= 4 is 17.5 Å². The molecule has 1 saturated heterocycles. The average Bonchev–Trinajstić information content (AvgIpc) is 2.65. The van der Waals surface area contributed by atoms with Crippen LogP contribution in [0.3, 0.4) is 0 Å². The Kier molecular flexibility index (Phi) is 5.13. The maximum absolute atomic E-state index is 13.3. The number of ketones is 1. The number of hydrogen-bond acceptors (Lipinski definition) is 3. The molecule has 3 nitrogen and oxygen atoms in total. The molecule has 132 valence electrons. The summed E-state index contributed by atoms with van der Waals surface area (Å²) >= 11 is 0. The summed E-state index contributed by atoms with van der Waals surface area (Å²) in [7, 11) is 0. The summed E-state index contributed by atoms with van der Waals surface area (Å²) in [5.41, 5.74) is 3.70. The lowest BCUT2D eigenvalue weighted by atomic mass is 9.98. The highest BCUT2D eigenvalue weighted by molar-refractivity contribution is 6.00. The maximum Gasteiger partial charge on any atom is 0.161 e. The Bertz CT molecular complexity index is 918. The molecule has 5 heteroatoms. The van der Waals surface area contributed by atoms with Gasteiger partial charge in [0, 0.05) is 24.3 Å². The number of piperidine rings is 1. The quantitative estimate of drug-likeness (QED) is 0.751. The van der Waals surface area contributed by atoms with Gasteiger partial charge in [-0.1, -0.05) is 17.7 Å². The molecule has 0 aromatic heterocycles. The molecule has 0 aliphatic carbocycles. The maximum atomic E-state index is 13.3. The van der Waals surface area contributed by atoms with Gasteiger partial charge in [-0.15, -0.1) is 0 Å². The number of anilines is 1. The fourth-order valence-electron chi connectivity index (χ4n) is 3.18. The molecule has 0 radical (unpaired) electrons. The van der Waals surface area contributed by atoms with Gasteiger partial charge in [-0.3, -0.25) is 4.79 Å². The zero-order chi connectivity index (χ0) is 18.7. The van der Waals surface area contributed by atoms with Gasteiger partial charge in [0.15, 0.2) is 17.4 Å². The van der Waals surface area contributed by atoms with Gasteiger partial charge < -0.3 is 4.90 Å². The molecular formula is C21H18F2N2O. The normalized spacial score (nSPS) is 14.1. The third-order valence-electron chi connectivity index (χ3n) is 4.57. The number of hydrogen-bond donors (Lipinski definition) is 0. The number of nitrogens with zero attached hydrogens (tertiary/aromatic N) is 2. The van der Waals surface area contributed by atoms with Crippen molar-refractivity contribution in [2.75, 3.05) is 18.0 Å². The molecular weight excluding hydrogens is 334 g/mol. The molecule has 1 fully saturated rings. The lowest BCUT2D eigenvalue weighted by Crippen LogP contribution is -2.31. The Morgan fingerprint density at radius 1 is 1.12 bits per heavy atom. The highest BCUT2D eigenvalue weighted by Crippen LogP contribution is 2.28. The van der Waals surface area contributed by atoms with Crippen LogP contribution >= 0.6 is 0 Å². The standard InChI is InChI=1S/C21H18F2N2O/c1-14(26)18-4-2-17(13-24)12-21(18)25-8-6-15(7-9-25)10-16-3-5-19(22)20(23)11-16/h2-5,10-12H,6-9H2,1H3. The van der Waals surface area contributed by atoms with E-state index >= 15 is 0 Å². The van der Waals surface area contributed by atoms with Crippen molar-refractivity contribution in [3.05, 3.63) is 70.3 Å². The van der Waals surface area contributed by atoms with Crippen LogP contribution in [0.15, 0.2) is 42.0 Å². The van der Waals surface area contributed by atoms with Crippen LogP contribution in [0.2, 0.25) is 0 Å². The molecule has 1 heterocycles. The topological polar surface area (TPSA) is 44.1 Å². The fraction of sp³-hybridized carbons (Fsp3) is 0.238. The molecule has 1 aliphatic rings. The molecule has 0 saturated carbocycles. The summed E-state index contributed by atoms with van der Waals surface area (Å²) in [5.74, 6) is -1.74. The van der Waals surface area contributed by atoms with E-state index in [1.807, 2.05) is 6.08 Å². The first kappa shape index (κ1) is 17.8. The third-order valence-corrected chi connectivity index (χ3v) is 4.57. The highest BCUT2D eigenvalue weighted by Gasteiger charge is 2.19. The second kappa shape index (κ2) is 7.49. The Morgan fingerprint density at radius 3 is 2.46 bits per heavy atom. The summed E-state index contributed by atoms with van der Waals surface area (Å²) in [6, 6.07) is 11.1. The third kappa shape index (κ3) is 3.80. The highest BCUT2D eigenvalue weighted by atomic mass is 19.2. The number of Topliss-reactive ketones (excluding diaryl/α,β-unsaturated/α-hetero) is 1. The van der Waals surface area contributed by atoms with Crippen LogP contribution in [-0.2, 0) is 0 Å². The molecule has 0 spiro atoms. The van der Waals surface area contributed by atoms with E-state index in [1.54, 1.807) is 24.3 Å². The van der Waals surface area contributed by atoms with E-state index in [1.165, 1.54) is 13.0 Å². The Hall–Kier alpha value is -3.00. The van der Waals surface area contributed by atoms with Crippen LogP contribution in [0.5, 0.6) is 0 Å². The van der Waals surface area contributed by atoms with Crippen molar-refractivity contribution in [1.82, 2.24) is 0 Å². The van der Waals surface area contributed by atoms with Crippen LogP contribution in [0.4, 0.5) is 14.5 Å². The molecule has 2 aromatic rings. The number of rotatable bonds is 3. The number of carbonyl (C=O) groups is 1. The van der Waals surface area contributed by atoms with E-state index in [4.69, 9.17) is 5.26 Å². The lowest BCUT2D eigenvalue weighted by molar-refractivity contribution is 0.101. The Morgan fingerprint density at radius 2 is 1.85 bits per heavy atom. The predicted octanol–water partition coefficient (Wildman–Crippen LogP) is 4.72. The smallest absolute Gasteiger partial charge is 0.161 e. The van der Waals surface area contributed by atoms with Crippen molar-refractivity contribution in [1.29, 1.82) is 5.26 Å². The SMILES string of the molecule is CC(=O)c1ccc(C#N)cc1N1CCC(=Cc2ccc(F)c(F)c2)CC1. The van der Waals surface area contributed by atoms with E-state index in [0.29, 0.717) is 29.8 Å². The first-order valence-corrected chi connectivity index (χ1v) is 8.42. The van der Waals surface area contributed by atoms with Crippen LogP contribution in [0, 0.1) is 23.0 Å². The van der Waals surface area contributed by atoms with Crippen LogP contribution in [-0.4, -0.2) is 18.9 Å². The van der Waals surface area contributed by atoms with E-state index < -0.39 is 11.6 Å². The van der Waals surface area contributed by atoms with Gasteiger partial charge in [0.05, 0.1) is 11.6 Å².